The van der Waals surface area contributed by atoms with E-state index in [0.717, 1.165) is 0 Å². The van der Waals surface area contributed by atoms with Gasteiger partial charge >= 0.3 is 6.03 Å². The van der Waals surface area contributed by atoms with Crippen LogP contribution in [0.5, 0.6) is 0 Å². The van der Waals surface area contributed by atoms with Crippen LogP contribution in [-0.4, -0.2) is 11.8 Å². The molecule has 0 saturated heterocycles. The second-order valence-electron chi connectivity index (χ2n) is 1.95. The predicted octanol–water partition coefficient (Wildman–Crippen LogP) is -0.264. The molecule has 11 heavy (non-hydrogen) atoms. The zero-order valence-corrected chi connectivity index (χ0v) is 5.48. The summed E-state index contributed by atoms with van der Waals surface area (Å²) in [6.45, 7) is 0. The van der Waals surface area contributed by atoms with E-state index >= 15 is 0 Å². The van der Waals surface area contributed by atoms with E-state index in [1.165, 1.54) is 12.3 Å². The van der Waals surface area contributed by atoms with Gasteiger partial charge in [0.2, 0.25) is 0 Å². The minimum atomic E-state index is -1.43. The first kappa shape index (κ1) is 7.39. The van der Waals surface area contributed by atoms with Crippen molar-refractivity contribution in [2.45, 2.75) is 5.79 Å². The van der Waals surface area contributed by atoms with Crippen molar-refractivity contribution in [3.8, 4) is 0 Å². The van der Waals surface area contributed by atoms with E-state index in [1.807, 2.05) is 0 Å². The first-order valence-corrected chi connectivity index (χ1v) is 2.78. The van der Waals surface area contributed by atoms with Crippen LogP contribution in [-0.2, 0) is 0 Å². The Labute approximate surface area is 61.9 Å². The van der Waals surface area contributed by atoms with E-state index < -0.39 is 11.8 Å². The van der Waals surface area contributed by atoms with Crippen molar-refractivity contribution in [3.05, 3.63) is 22.7 Å². The molecule has 4 N–H and O–H groups in total. The van der Waals surface area contributed by atoms with Crippen molar-refractivity contribution < 1.29 is 4.79 Å². The Morgan fingerprint density at radius 1 is 1.82 bits per heavy atom. The van der Waals surface area contributed by atoms with Gasteiger partial charge in [-0.3, -0.25) is 0 Å². The molecule has 0 aliphatic carbocycles. The number of carbonyl (C=O) groups is 1. The largest absolute Gasteiger partial charge is 0.320 e. The first-order chi connectivity index (χ1) is 5.16. The summed E-state index contributed by atoms with van der Waals surface area (Å²) in [5.41, 5.74) is 13.4. The number of azide groups is 1. The van der Waals surface area contributed by atoms with Gasteiger partial charge in [0.25, 0.3) is 0 Å². The lowest BCUT2D eigenvalue weighted by Gasteiger charge is -2.24. The maximum atomic E-state index is 10.6. The second kappa shape index (κ2) is 2.49. The van der Waals surface area contributed by atoms with E-state index in [0.29, 0.717) is 0 Å². The second-order valence-corrected chi connectivity index (χ2v) is 1.95. The molecule has 1 unspecified atom stereocenters. The summed E-state index contributed by atoms with van der Waals surface area (Å²) in [5.74, 6) is -1.43. The number of hydrogen-bond donors (Lipinski definition) is 3. The molecular weight excluding hydrogens is 148 g/mol. The van der Waals surface area contributed by atoms with Crippen molar-refractivity contribution in [2.75, 3.05) is 0 Å². The third-order valence-corrected chi connectivity index (χ3v) is 1.08. The molecule has 0 aromatic carbocycles. The molecule has 1 heterocycles. The fourth-order valence-corrected chi connectivity index (χ4v) is 0.636. The molecule has 1 atom stereocenters. The highest BCUT2D eigenvalue weighted by atomic mass is 16.2. The average Bonchev–Trinajstić information content (AvgIpc) is 1.86. The van der Waals surface area contributed by atoms with Crippen molar-refractivity contribution in [2.24, 2.45) is 10.8 Å². The number of rotatable bonds is 1. The summed E-state index contributed by atoms with van der Waals surface area (Å²) in [6.07, 6.45) is 2.65. The van der Waals surface area contributed by atoms with Crippen LogP contribution in [0.4, 0.5) is 4.79 Å². The molecule has 1 rings (SSSR count). The van der Waals surface area contributed by atoms with Crippen LogP contribution in [0.25, 0.3) is 10.4 Å². The molecule has 0 aromatic heterocycles. The van der Waals surface area contributed by atoms with Gasteiger partial charge < -0.3 is 16.4 Å². The number of amides is 2. The minimum Gasteiger partial charge on any atom is -0.315 e. The number of urea groups is 1. The van der Waals surface area contributed by atoms with Crippen LogP contribution in [0, 0.1) is 0 Å². The Balaban J connectivity index is 2.86. The smallest absolute Gasteiger partial charge is 0.315 e. The van der Waals surface area contributed by atoms with Gasteiger partial charge in [-0.25, -0.2) is 4.79 Å². The lowest BCUT2D eigenvalue weighted by molar-refractivity contribution is 0.233. The van der Waals surface area contributed by atoms with E-state index in [2.05, 4.69) is 20.7 Å². The van der Waals surface area contributed by atoms with Gasteiger partial charge in [0, 0.05) is 11.1 Å². The highest BCUT2D eigenvalue weighted by Crippen LogP contribution is 2.02. The number of carbonyl (C=O) groups excluding carboxylic acids is 1. The Hall–Kier alpha value is -1.72. The Morgan fingerprint density at radius 3 is 3.09 bits per heavy atom. The van der Waals surface area contributed by atoms with Crippen molar-refractivity contribution in [1.29, 1.82) is 0 Å². The van der Waals surface area contributed by atoms with Gasteiger partial charge in [-0.1, -0.05) is 0 Å². The zero-order valence-electron chi connectivity index (χ0n) is 5.48. The van der Waals surface area contributed by atoms with Crippen molar-refractivity contribution in [1.82, 2.24) is 10.6 Å². The molecule has 0 fully saturated rings. The average molecular weight is 154 g/mol. The fourth-order valence-electron chi connectivity index (χ4n) is 0.636. The van der Waals surface area contributed by atoms with Gasteiger partial charge in [0.15, 0.2) is 5.79 Å². The van der Waals surface area contributed by atoms with Gasteiger partial charge in [0.1, 0.15) is 0 Å². The number of nitrogens with two attached hydrogens (primary N) is 1. The van der Waals surface area contributed by atoms with Crippen LogP contribution in [0.2, 0.25) is 0 Å². The topological polar surface area (TPSA) is 116 Å². The molecule has 0 spiro atoms. The number of nitrogens with one attached hydrogen (secondary N) is 2. The molecule has 1 aliphatic rings. The Kier molecular flexibility index (Phi) is 1.67. The summed E-state index contributed by atoms with van der Waals surface area (Å²) in [7, 11) is 0. The van der Waals surface area contributed by atoms with Gasteiger partial charge in [0.05, 0.1) is 0 Å². The summed E-state index contributed by atoms with van der Waals surface area (Å²) in [6, 6.07) is -0.498. The monoisotopic (exact) mass is 154 g/mol. The predicted molar refractivity (Wildman–Crippen MR) is 36.9 cm³/mol. The summed E-state index contributed by atoms with van der Waals surface area (Å²) in [4.78, 5) is 13.1. The summed E-state index contributed by atoms with van der Waals surface area (Å²) >= 11 is 0. The molecule has 7 heteroatoms. The number of nitrogens with zero attached hydrogens (tertiary/aromatic N) is 3. The Bertz CT molecular complexity index is 253. The molecule has 7 nitrogen and oxygen atoms in total. The SMILES string of the molecule is [N-]=[N+]=NC1(N)C=CNC(=O)N1. The highest BCUT2D eigenvalue weighted by molar-refractivity contribution is 5.77. The van der Waals surface area contributed by atoms with Crippen LogP contribution >= 0.6 is 0 Å². The molecule has 0 saturated carbocycles. The first-order valence-electron chi connectivity index (χ1n) is 2.78. The standard InChI is InChI=1S/C4H6N6O/c5-4(9-10-6)1-2-7-3(11)8-4/h1-2H,5H2,(H2,7,8,11). The zero-order chi connectivity index (χ0) is 8.32. The van der Waals surface area contributed by atoms with E-state index in [9.17, 15) is 4.79 Å². The molecular formula is C4H6N6O. The maximum absolute atomic E-state index is 10.6. The fraction of sp³-hybridized carbons (Fsp3) is 0.250. The van der Waals surface area contributed by atoms with E-state index in [-0.39, 0.29) is 0 Å². The van der Waals surface area contributed by atoms with Crippen LogP contribution in [0.3, 0.4) is 0 Å². The molecule has 0 radical (unpaired) electrons. The normalized spacial score (nSPS) is 28.3. The van der Waals surface area contributed by atoms with Crippen LogP contribution in [0.15, 0.2) is 17.4 Å². The van der Waals surface area contributed by atoms with Gasteiger partial charge in [-0.15, -0.1) is 0 Å². The minimum absolute atomic E-state index is 0.498. The molecule has 2 amide bonds. The maximum Gasteiger partial charge on any atom is 0.320 e. The van der Waals surface area contributed by atoms with Crippen molar-refractivity contribution >= 4 is 6.03 Å². The van der Waals surface area contributed by atoms with E-state index in [1.54, 1.807) is 0 Å². The quantitative estimate of drug-likeness (QED) is 0.274. The van der Waals surface area contributed by atoms with Crippen molar-refractivity contribution in [3.63, 3.8) is 0 Å². The van der Waals surface area contributed by atoms with Crippen LogP contribution < -0.4 is 16.4 Å². The third-order valence-electron chi connectivity index (χ3n) is 1.08. The lowest BCUT2D eigenvalue weighted by atomic mass is 10.3. The van der Waals surface area contributed by atoms with Crippen LogP contribution in [0.1, 0.15) is 0 Å². The summed E-state index contributed by atoms with van der Waals surface area (Å²) in [5, 5.41) is 7.68. The summed E-state index contributed by atoms with van der Waals surface area (Å²) < 4.78 is 0. The molecule has 58 valence electrons. The molecule has 0 bridgehead atoms. The Morgan fingerprint density at radius 2 is 2.55 bits per heavy atom. The molecule has 1 aliphatic heterocycles. The van der Waals surface area contributed by atoms with E-state index in [4.69, 9.17) is 11.3 Å². The van der Waals surface area contributed by atoms with Gasteiger partial charge in [-0.05, 0) is 16.7 Å². The van der Waals surface area contributed by atoms with Gasteiger partial charge in [-0.2, -0.15) is 0 Å². The lowest BCUT2D eigenvalue weighted by Crippen LogP contribution is -2.57. The number of hydrogen-bond acceptors (Lipinski definition) is 3. The molecule has 0 aromatic rings. The highest BCUT2D eigenvalue weighted by Gasteiger charge is 2.24. The third kappa shape index (κ3) is 1.60.